The number of amides is 1. The minimum absolute atomic E-state index is 0. The number of hydrogen-bond acceptors (Lipinski definition) is 3. The molecule has 4 nitrogen and oxygen atoms in total. The van der Waals surface area contributed by atoms with Crippen molar-refractivity contribution in [2.75, 3.05) is 5.32 Å². The molecular weight excluding hydrogens is 332 g/mol. The van der Waals surface area contributed by atoms with Crippen molar-refractivity contribution in [3.8, 4) is 5.75 Å². The van der Waals surface area contributed by atoms with Crippen LogP contribution in [0.15, 0.2) is 22.7 Å². The van der Waals surface area contributed by atoms with Crippen molar-refractivity contribution < 1.29 is 9.90 Å². The number of phenolic OH excluding ortho intramolecular Hbond substituents is 1. The molecule has 1 aromatic carbocycles. The van der Waals surface area contributed by atoms with Crippen LogP contribution in [0.25, 0.3) is 0 Å². The van der Waals surface area contributed by atoms with Crippen molar-refractivity contribution in [2.24, 2.45) is 11.7 Å². The summed E-state index contributed by atoms with van der Waals surface area (Å²) in [5.41, 5.74) is 6.37. The van der Waals surface area contributed by atoms with E-state index in [1.165, 1.54) is 0 Å². The van der Waals surface area contributed by atoms with Crippen molar-refractivity contribution in [2.45, 2.75) is 31.7 Å². The molecule has 1 aromatic rings. The predicted octanol–water partition coefficient (Wildman–Crippen LogP) is 3.03. The molecule has 6 heteroatoms. The fourth-order valence-corrected chi connectivity index (χ4v) is 2.73. The van der Waals surface area contributed by atoms with Gasteiger partial charge >= 0.3 is 0 Å². The third-order valence-electron chi connectivity index (χ3n) is 3.40. The van der Waals surface area contributed by atoms with Crippen molar-refractivity contribution >= 4 is 39.9 Å². The van der Waals surface area contributed by atoms with E-state index in [2.05, 4.69) is 21.2 Å². The van der Waals surface area contributed by atoms with Gasteiger partial charge in [0, 0.05) is 16.9 Å². The summed E-state index contributed by atoms with van der Waals surface area (Å²) in [6.07, 6.45) is 3.54. The van der Waals surface area contributed by atoms with Crippen LogP contribution in [0.3, 0.4) is 0 Å². The first-order valence-electron chi connectivity index (χ1n) is 6.10. The molecule has 0 heterocycles. The molecule has 106 valence electrons. The van der Waals surface area contributed by atoms with Gasteiger partial charge in [-0.1, -0.05) is 22.4 Å². The van der Waals surface area contributed by atoms with Crippen LogP contribution >= 0.6 is 28.3 Å². The third kappa shape index (κ3) is 4.37. The Morgan fingerprint density at radius 1 is 1.47 bits per heavy atom. The average molecular weight is 350 g/mol. The average Bonchev–Trinajstić information content (AvgIpc) is 2.70. The van der Waals surface area contributed by atoms with Crippen LogP contribution < -0.4 is 11.1 Å². The predicted molar refractivity (Wildman–Crippen MR) is 81.6 cm³/mol. The quantitative estimate of drug-likeness (QED) is 0.734. The highest BCUT2D eigenvalue weighted by molar-refractivity contribution is 9.10. The van der Waals surface area contributed by atoms with E-state index < -0.39 is 0 Å². The fourth-order valence-electron chi connectivity index (χ4n) is 2.37. The lowest BCUT2D eigenvalue weighted by molar-refractivity contribution is -0.117. The molecule has 2 atom stereocenters. The van der Waals surface area contributed by atoms with E-state index in [9.17, 15) is 9.90 Å². The number of halogens is 2. The van der Waals surface area contributed by atoms with E-state index >= 15 is 0 Å². The molecule has 2 rings (SSSR count). The first-order chi connectivity index (χ1) is 8.56. The van der Waals surface area contributed by atoms with Crippen LogP contribution in [-0.2, 0) is 4.79 Å². The minimum atomic E-state index is -0.0919. The number of phenols is 1. The number of nitrogens with two attached hydrogens (primary N) is 1. The standard InChI is InChI=1S/C13H17BrN2O2.ClH/c14-9-4-5-12(17)11(7-9)16-13(18)6-8-2-1-3-10(8)15;/h4-5,7-8,10,17H,1-3,6,15H2,(H,16,18);1H/t8-,10+;/m0./s1. The van der Waals surface area contributed by atoms with Gasteiger partial charge in [-0.05, 0) is 37.0 Å². The summed E-state index contributed by atoms with van der Waals surface area (Å²) in [7, 11) is 0. The molecule has 0 aliphatic heterocycles. The smallest absolute Gasteiger partial charge is 0.224 e. The van der Waals surface area contributed by atoms with Gasteiger partial charge in [0.25, 0.3) is 0 Å². The Bertz CT molecular complexity index is 456. The summed E-state index contributed by atoms with van der Waals surface area (Å²) in [5, 5.41) is 12.4. The van der Waals surface area contributed by atoms with Crippen molar-refractivity contribution in [1.82, 2.24) is 0 Å². The van der Waals surface area contributed by atoms with Crippen LogP contribution in [0, 0.1) is 5.92 Å². The summed E-state index contributed by atoms with van der Waals surface area (Å²) < 4.78 is 0.813. The first kappa shape index (κ1) is 16.3. The lowest BCUT2D eigenvalue weighted by atomic mass is 10.00. The second kappa shape index (κ2) is 7.12. The number of benzene rings is 1. The highest BCUT2D eigenvalue weighted by Gasteiger charge is 2.26. The highest BCUT2D eigenvalue weighted by atomic mass is 79.9. The molecule has 0 radical (unpaired) electrons. The van der Waals surface area contributed by atoms with Gasteiger partial charge in [0.05, 0.1) is 5.69 Å². The summed E-state index contributed by atoms with van der Waals surface area (Å²) >= 11 is 3.30. The van der Waals surface area contributed by atoms with Gasteiger partial charge in [-0.25, -0.2) is 0 Å². The monoisotopic (exact) mass is 348 g/mol. The first-order valence-corrected chi connectivity index (χ1v) is 6.89. The number of rotatable bonds is 3. The zero-order chi connectivity index (χ0) is 13.1. The van der Waals surface area contributed by atoms with Crippen LogP contribution in [0.4, 0.5) is 5.69 Å². The van der Waals surface area contributed by atoms with E-state index in [-0.39, 0.29) is 36.0 Å². The molecule has 1 amide bonds. The topological polar surface area (TPSA) is 75.4 Å². The van der Waals surface area contributed by atoms with Gasteiger partial charge in [-0.3, -0.25) is 4.79 Å². The maximum Gasteiger partial charge on any atom is 0.224 e. The molecule has 19 heavy (non-hydrogen) atoms. The van der Waals surface area contributed by atoms with E-state index in [4.69, 9.17) is 5.73 Å². The second-order valence-corrected chi connectivity index (χ2v) is 5.68. The Hall–Kier alpha value is -0.780. The number of nitrogens with one attached hydrogen (secondary N) is 1. The van der Waals surface area contributed by atoms with Gasteiger partial charge in [-0.2, -0.15) is 0 Å². The van der Waals surface area contributed by atoms with Crippen molar-refractivity contribution in [1.29, 1.82) is 0 Å². The van der Waals surface area contributed by atoms with E-state index in [0.717, 1.165) is 23.7 Å². The molecular formula is C13H18BrClN2O2. The molecule has 0 unspecified atom stereocenters. The van der Waals surface area contributed by atoms with Gasteiger partial charge in [0.15, 0.2) is 0 Å². The number of carbonyl (C=O) groups excluding carboxylic acids is 1. The van der Waals surface area contributed by atoms with E-state index in [1.54, 1.807) is 18.2 Å². The molecule has 0 spiro atoms. The van der Waals surface area contributed by atoms with Gasteiger partial charge in [0.1, 0.15) is 5.75 Å². The number of anilines is 1. The minimum Gasteiger partial charge on any atom is -0.506 e. The summed E-state index contributed by atoms with van der Waals surface area (Å²) in [5.74, 6) is 0.243. The van der Waals surface area contributed by atoms with Crippen molar-refractivity contribution in [3.05, 3.63) is 22.7 Å². The zero-order valence-electron chi connectivity index (χ0n) is 10.4. The molecule has 1 aliphatic carbocycles. The Morgan fingerprint density at radius 2 is 2.21 bits per heavy atom. The van der Waals surface area contributed by atoms with Gasteiger partial charge in [-0.15, -0.1) is 12.4 Å². The van der Waals surface area contributed by atoms with E-state index in [0.29, 0.717) is 12.1 Å². The normalized spacial score (nSPS) is 21.8. The summed E-state index contributed by atoms with van der Waals surface area (Å²) in [6, 6.07) is 5.08. The number of hydrogen-bond donors (Lipinski definition) is 3. The van der Waals surface area contributed by atoms with Crippen LogP contribution in [-0.4, -0.2) is 17.1 Å². The second-order valence-electron chi connectivity index (χ2n) is 4.77. The van der Waals surface area contributed by atoms with Crippen LogP contribution in [0.1, 0.15) is 25.7 Å². The van der Waals surface area contributed by atoms with Crippen molar-refractivity contribution in [3.63, 3.8) is 0 Å². The summed E-state index contributed by atoms with van der Waals surface area (Å²) in [6.45, 7) is 0. The van der Waals surface area contributed by atoms with Crippen LogP contribution in [0.2, 0.25) is 0 Å². The Kier molecular flexibility index (Phi) is 6.10. The molecule has 1 fully saturated rings. The summed E-state index contributed by atoms with van der Waals surface area (Å²) in [4.78, 5) is 11.9. The molecule has 1 aliphatic rings. The molecule has 1 saturated carbocycles. The van der Waals surface area contributed by atoms with Gasteiger partial charge < -0.3 is 16.2 Å². The molecule has 0 aromatic heterocycles. The SMILES string of the molecule is Cl.N[C@@H]1CCC[C@H]1CC(=O)Nc1cc(Br)ccc1O. The zero-order valence-corrected chi connectivity index (χ0v) is 12.8. The third-order valence-corrected chi connectivity index (χ3v) is 3.89. The fraction of sp³-hybridized carbons (Fsp3) is 0.462. The number of aromatic hydroxyl groups is 1. The Balaban J connectivity index is 0.00000180. The highest BCUT2D eigenvalue weighted by Crippen LogP contribution is 2.29. The lowest BCUT2D eigenvalue weighted by Gasteiger charge is -2.15. The molecule has 0 saturated heterocycles. The Labute approximate surface area is 127 Å². The maximum atomic E-state index is 11.9. The molecule has 0 bridgehead atoms. The lowest BCUT2D eigenvalue weighted by Crippen LogP contribution is -2.28. The Morgan fingerprint density at radius 3 is 2.84 bits per heavy atom. The van der Waals surface area contributed by atoms with Gasteiger partial charge in [0.2, 0.25) is 5.91 Å². The van der Waals surface area contributed by atoms with E-state index in [1.807, 2.05) is 0 Å². The largest absolute Gasteiger partial charge is 0.506 e. The van der Waals surface area contributed by atoms with Crippen LogP contribution in [0.5, 0.6) is 5.75 Å². The maximum absolute atomic E-state index is 11.9. The number of carbonyl (C=O) groups is 1. The molecule has 4 N–H and O–H groups in total.